The van der Waals surface area contributed by atoms with E-state index in [-0.39, 0.29) is 42.8 Å². The predicted molar refractivity (Wildman–Crippen MR) is 144 cm³/mol. The van der Waals surface area contributed by atoms with E-state index in [4.69, 9.17) is 9.15 Å². The van der Waals surface area contributed by atoms with E-state index in [1.807, 2.05) is 0 Å². The van der Waals surface area contributed by atoms with Crippen molar-refractivity contribution in [1.29, 1.82) is 0 Å². The molecule has 38 heavy (non-hydrogen) atoms. The van der Waals surface area contributed by atoms with E-state index < -0.39 is 10.0 Å². The first kappa shape index (κ1) is 28.4. The molecule has 8 nitrogen and oxygen atoms in total. The zero-order valence-corrected chi connectivity index (χ0v) is 23.4. The summed E-state index contributed by atoms with van der Waals surface area (Å²) in [6.07, 6.45) is 2.09. The summed E-state index contributed by atoms with van der Waals surface area (Å²) in [4.78, 5) is 17.5. The Balaban J connectivity index is 1.53. The van der Waals surface area contributed by atoms with Gasteiger partial charge in [0, 0.05) is 30.7 Å². The Morgan fingerprint density at radius 3 is 2.37 bits per heavy atom. The van der Waals surface area contributed by atoms with Crippen molar-refractivity contribution < 1.29 is 26.8 Å². The number of furan rings is 1. The lowest BCUT2D eigenvalue weighted by atomic mass is 10.2. The van der Waals surface area contributed by atoms with Crippen LogP contribution in [0.3, 0.4) is 0 Å². The molecule has 1 aliphatic rings. The number of nitrogens with zero attached hydrogens (tertiary/aromatic N) is 3. The Bertz CT molecular complexity index is 1270. The van der Waals surface area contributed by atoms with E-state index in [1.165, 1.54) is 39.7 Å². The van der Waals surface area contributed by atoms with Crippen LogP contribution in [0.1, 0.15) is 17.7 Å². The highest BCUT2D eigenvalue weighted by atomic mass is 79.9. The Kier molecular flexibility index (Phi) is 10.1. The average molecular weight is 609 g/mol. The van der Waals surface area contributed by atoms with Gasteiger partial charge in [-0.25, -0.2) is 12.8 Å². The van der Waals surface area contributed by atoms with Gasteiger partial charge < -0.3 is 14.1 Å². The number of ether oxygens (including phenoxy) is 1. The molecule has 1 aromatic heterocycles. The van der Waals surface area contributed by atoms with Gasteiger partial charge in [-0.15, -0.1) is 0 Å². The molecule has 2 heterocycles. The van der Waals surface area contributed by atoms with Crippen molar-refractivity contribution in [2.24, 2.45) is 0 Å². The summed E-state index contributed by atoms with van der Waals surface area (Å²) in [6, 6.07) is 15.7. The van der Waals surface area contributed by atoms with Crippen LogP contribution < -0.4 is 0 Å². The minimum absolute atomic E-state index is 0.121. The normalized spacial score (nSPS) is 14.6. The second-order valence-electron chi connectivity index (χ2n) is 9.06. The smallest absolute Gasteiger partial charge is 0.243 e. The molecule has 1 fully saturated rings. The Hall–Kier alpha value is -2.57. The van der Waals surface area contributed by atoms with Crippen LogP contribution in [0, 0.1) is 5.82 Å². The number of hydrogen-bond acceptors (Lipinski definition) is 6. The molecule has 1 saturated heterocycles. The van der Waals surface area contributed by atoms with Gasteiger partial charge in [-0.2, -0.15) is 4.31 Å². The zero-order valence-electron chi connectivity index (χ0n) is 21.0. The van der Waals surface area contributed by atoms with Crippen molar-refractivity contribution in [3.8, 4) is 0 Å². The maximum absolute atomic E-state index is 13.6. The molecule has 0 bridgehead atoms. The van der Waals surface area contributed by atoms with E-state index in [2.05, 4.69) is 20.8 Å². The van der Waals surface area contributed by atoms with Crippen molar-refractivity contribution in [2.75, 3.05) is 45.9 Å². The van der Waals surface area contributed by atoms with E-state index in [0.29, 0.717) is 31.9 Å². The zero-order chi connectivity index (χ0) is 27.0. The molecule has 1 amide bonds. The minimum Gasteiger partial charge on any atom is -0.467 e. The molecule has 1 aliphatic heterocycles. The fraction of sp³-hybridized carbons (Fsp3) is 0.370. The van der Waals surface area contributed by atoms with Gasteiger partial charge in [0.2, 0.25) is 15.9 Å². The second kappa shape index (κ2) is 13.5. The Morgan fingerprint density at radius 2 is 1.71 bits per heavy atom. The molecule has 0 atom stereocenters. The first-order chi connectivity index (χ1) is 18.3. The highest BCUT2D eigenvalue weighted by Gasteiger charge is 2.29. The van der Waals surface area contributed by atoms with Gasteiger partial charge in [-0.05, 0) is 67.1 Å². The van der Waals surface area contributed by atoms with Gasteiger partial charge >= 0.3 is 0 Å². The number of rotatable bonds is 12. The number of amides is 1. The van der Waals surface area contributed by atoms with Gasteiger partial charge in [0.25, 0.3) is 0 Å². The third kappa shape index (κ3) is 7.97. The molecule has 4 rings (SSSR count). The minimum atomic E-state index is -3.94. The first-order valence-corrected chi connectivity index (χ1v) is 14.6. The molecule has 0 radical (unpaired) electrons. The van der Waals surface area contributed by atoms with E-state index in [1.54, 1.807) is 36.4 Å². The lowest BCUT2D eigenvalue weighted by Gasteiger charge is -2.29. The van der Waals surface area contributed by atoms with Crippen LogP contribution in [0.15, 0.2) is 80.7 Å². The monoisotopic (exact) mass is 607 g/mol. The summed E-state index contributed by atoms with van der Waals surface area (Å²) in [7, 11) is -3.94. The molecule has 0 unspecified atom stereocenters. The van der Waals surface area contributed by atoms with Crippen LogP contribution in [0.25, 0.3) is 0 Å². The number of halogens is 2. The molecular formula is C27H31BrFN3O5S. The van der Waals surface area contributed by atoms with E-state index in [0.717, 1.165) is 23.1 Å². The maximum Gasteiger partial charge on any atom is 0.243 e. The summed E-state index contributed by atoms with van der Waals surface area (Å²) in [5, 5.41) is 0. The van der Waals surface area contributed by atoms with E-state index >= 15 is 0 Å². The lowest BCUT2D eigenvalue weighted by Crippen LogP contribution is -2.44. The quantitative estimate of drug-likeness (QED) is 0.308. The number of carbonyl (C=O) groups excluding carboxylic acids is 1. The fourth-order valence-electron chi connectivity index (χ4n) is 4.22. The van der Waals surface area contributed by atoms with Gasteiger partial charge in [0.05, 0.1) is 37.5 Å². The number of carbonyl (C=O) groups is 1. The summed E-state index contributed by atoms with van der Waals surface area (Å²) in [5.41, 5.74) is 0.723. The number of sulfonamides is 1. The molecule has 0 N–H and O–H groups in total. The average Bonchev–Trinajstić information content (AvgIpc) is 3.43. The molecule has 0 spiro atoms. The second-order valence-corrected chi connectivity index (χ2v) is 11.9. The number of morpholine rings is 1. The topological polar surface area (TPSA) is 83.3 Å². The first-order valence-electron chi connectivity index (χ1n) is 12.4. The van der Waals surface area contributed by atoms with Crippen LogP contribution in [0.2, 0.25) is 0 Å². The van der Waals surface area contributed by atoms with Crippen LogP contribution in [0.5, 0.6) is 0 Å². The maximum atomic E-state index is 13.6. The van der Waals surface area contributed by atoms with Gasteiger partial charge in [-0.3, -0.25) is 9.69 Å². The molecule has 11 heteroatoms. The van der Waals surface area contributed by atoms with Crippen molar-refractivity contribution in [3.63, 3.8) is 0 Å². The Morgan fingerprint density at radius 1 is 1.00 bits per heavy atom. The summed E-state index contributed by atoms with van der Waals surface area (Å²) < 4.78 is 53.6. The standard InChI is InChI=1S/C27H31BrFN3O5S/c28-23-6-10-26(11-7-23)38(34,35)32(13-2-12-30-14-17-36-18-15-30)21-27(33)31(20-25-3-1-16-37-25)19-22-4-8-24(29)9-5-22/h1,3-11,16H,2,12-15,17-21H2. The molecule has 3 aromatic rings. The lowest BCUT2D eigenvalue weighted by molar-refractivity contribution is -0.133. The van der Waals surface area contributed by atoms with Crippen molar-refractivity contribution >= 4 is 31.9 Å². The molecule has 0 saturated carbocycles. The van der Waals surface area contributed by atoms with Crippen LogP contribution in [0.4, 0.5) is 4.39 Å². The number of hydrogen-bond donors (Lipinski definition) is 0. The third-order valence-electron chi connectivity index (χ3n) is 6.31. The largest absolute Gasteiger partial charge is 0.467 e. The fourth-order valence-corrected chi connectivity index (χ4v) is 5.91. The summed E-state index contributed by atoms with van der Waals surface area (Å²) in [6.45, 7) is 3.81. The molecule has 204 valence electrons. The van der Waals surface area contributed by atoms with Gasteiger partial charge in [0.1, 0.15) is 11.6 Å². The van der Waals surface area contributed by atoms with Crippen LogP contribution >= 0.6 is 15.9 Å². The van der Waals surface area contributed by atoms with Crippen molar-refractivity contribution in [1.82, 2.24) is 14.1 Å². The highest BCUT2D eigenvalue weighted by Crippen LogP contribution is 2.20. The van der Waals surface area contributed by atoms with Crippen LogP contribution in [-0.2, 0) is 32.6 Å². The Labute approximate surface area is 231 Å². The molecule has 2 aromatic carbocycles. The number of benzene rings is 2. The predicted octanol–water partition coefficient (Wildman–Crippen LogP) is 4.12. The van der Waals surface area contributed by atoms with Crippen molar-refractivity contribution in [2.45, 2.75) is 24.4 Å². The van der Waals surface area contributed by atoms with Crippen molar-refractivity contribution in [3.05, 3.63) is 88.5 Å². The highest BCUT2D eigenvalue weighted by molar-refractivity contribution is 9.10. The summed E-state index contributed by atoms with van der Waals surface area (Å²) in [5.74, 6) is -0.183. The molecular weight excluding hydrogens is 577 g/mol. The van der Waals surface area contributed by atoms with Crippen LogP contribution in [-0.4, -0.2) is 74.4 Å². The summed E-state index contributed by atoms with van der Waals surface area (Å²) >= 11 is 3.34. The van der Waals surface area contributed by atoms with E-state index in [9.17, 15) is 17.6 Å². The van der Waals surface area contributed by atoms with Gasteiger partial charge in [0.15, 0.2) is 0 Å². The molecule has 0 aliphatic carbocycles. The van der Waals surface area contributed by atoms with Gasteiger partial charge in [-0.1, -0.05) is 28.1 Å². The SMILES string of the molecule is O=C(CN(CCCN1CCOCC1)S(=O)(=O)c1ccc(Br)cc1)N(Cc1ccc(F)cc1)Cc1ccco1. The third-order valence-corrected chi connectivity index (χ3v) is 8.70.